The molecule has 2 atom stereocenters. The summed E-state index contributed by atoms with van der Waals surface area (Å²) in [4.78, 5) is 45.8. The predicted octanol–water partition coefficient (Wildman–Crippen LogP) is 8.29. The van der Waals surface area contributed by atoms with Gasteiger partial charge >= 0.3 is 0 Å². The monoisotopic (exact) mass is 768 g/mol. The molecule has 57 heavy (non-hydrogen) atoms. The smallest absolute Gasteiger partial charge is 0.296 e. The van der Waals surface area contributed by atoms with Crippen LogP contribution in [0.2, 0.25) is 0 Å². The maximum absolute atomic E-state index is 15.0. The summed E-state index contributed by atoms with van der Waals surface area (Å²) in [6.07, 6.45) is 5.16. The van der Waals surface area contributed by atoms with E-state index in [2.05, 4.69) is 29.6 Å². The Balaban J connectivity index is 1.39. The number of carbonyl (C=O) groups excluding carboxylic acids is 3. The first kappa shape index (κ1) is 40.6. The zero-order valence-electron chi connectivity index (χ0n) is 33.5. The van der Waals surface area contributed by atoms with Crippen molar-refractivity contribution in [1.82, 2.24) is 10.2 Å². The van der Waals surface area contributed by atoms with Gasteiger partial charge in [0.2, 0.25) is 5.91 Å². The number of benzene rings is 5. The molecule has 2 amide bonds. The van der Waals surface area contributed by atoms with Crippen molar-refractivity contribution in [3.8, 4) is 23.0 Å². The summed E-state index contributed by atoms with van der Waals surface area (Å²) in [6, 6.07) is 35.0. The molecule has 0 saturated carbocycles. The standard InChI is InChI=1S/C48H52N2O7/c1-32-41(54-2)29-37(30-42(32)55-3)46(51)48(53)50-40(27-36-28-43(56-4)44(57-5)31-39(36)45(50)35-23-13-8-14-24-35)47(52)49-38(25-15-21-33-17-9-6-10-18-33)26-16-22-34-19-11-7-12-20-34/h6-14,17-20,23-24,28-31,38,40,45H,15-16,21-22,25-27H2,1-5H3,(H,49,52). The number of ether oxygens (including phenoxy) is 4. The number of methoxy groups -OCH3 is 4. The Morgan fingerprint density at radius 1 is 0.667 bits per heavy atom. The Kier molecular flexibility index (Phi) is 13.6. The van der Waals surface area contributed by atoms with Crippen LogP contribution in [-0.4, -0.2) is 63.0 Å². The normalized spacial score (nSPS) is 14.7. The molecule has 9 nitrogen and oxygen atoms in total. The predicted molar refractivity (Wildman–Crippen MR) is 221 cm³/mol. The van der Waals surface area contributed by atoms with Crippen molar-refractivity contribution >= 4 is 17.6 Å². The second-order valence-electron chi connectivity index (χ2n) is 14.4. The Morgan fingerprint density at radius 3 is 1.67 bits per heavy atom. The summed E-state index contributed by atoms with van der Waals surface area (Å²) in [6.45, 7) is 1.82. The van der Waals surface area contributed by atoms with E-state index in [-0.39, 0.29) is 23.9 Å². The maximum Gasteiger partial charge on any atom is 0.296 e. The van der Waals surface area contributed by atoms with Crippen LogP contribution in [0.25, 0.3) is 0 Å². The van der Waals surface area contributed by atoms with Gasteiger partial charge in [0.25, 0.3) is 11.7 Å². The van der Waals surface area contributed by atoms with Crippen LogP contribution >= 0.6 is 0 Å². The van der Waals surface area contributed by atoms with Crippen molar-refractivity contribution < 1.29 is 33.3 Å². The number of hydrogen-bond acceptors (Lipinski definition) is 7. The molecule has 0 fully saturated rings. The fourth-order valence-corrected chi connectivity index (χ4v) is 7.90. The highest BCUT2D eigenvalue weighted by atomic mass is 16.5. The van der Waals surface area contributed by atoms with E-state index in [1.54, 1.807) is 26.4 Å². The minimum Gasteiger partial charge on any atom is -0.496 e. The van der Waals surface area contributed by atoms with Crippen molar-refractivity contribution in [2.75, 3.05) is 28.4 Å². The molecule has 296 valence electrons. The lowest BCUT2D eigenvalue weighted by atomic mass is 9.83. The van der Waals surface area contributed by atoms with E-state index in [9.17, 15) is 14.4 Å². The highest BCUT2D eigenvalue weighted by molar-refractivity contribution is 6.43. The Bertz CT molecular complexity index is 2070. The largest absolute Gasteiger partial charge is 0.496 e. The molecule has 1 aliphatic rings. The van der Waals surface area contributed by atoms with Gasteiger partial charge in [-0.25, -0.2) is 0 Å². The van der Waals surface area contributed by atoms with Gasteiger partial charge < -0.3 is 29.2 Å². The topological polar surface area (TPSA) is 103 Å². The summed E-state index contributed by atoms with van der Waals surface area (Å²) in [5, 5.41) is 3.38. The molecule has 0 spiro atoms. The van der Waals surface area contributed by atoms with Crippen molar-refractivity contribution in [1.29, 1.82) is 0 Å². The molecule has 1 heterocycles. The van der Waals surface area contributed by atoms with E-state index < -0.39 is 23.8 Å². The van der Waals surface area contributed by atoms with Crippen LogP contribution in [0.4, 0.5) is 0 Å². The van der Waals surface area contributed by atoms with Gasteiger partial charge in [0.1, 0.15) is 17.5 Å². The lowest BCUT2D eigenvalue weighted by Crippen LogP contribution is -2.57. The summed E-state index contributed by atoms with van der Waals surface area (Å²) >= 11 is 0. The number of nitrogens with zero attached hydrogens (tertiary/aromatic N) is 1. The molecular formula is C48H52N2O7. The second-order valence-corrected chi connectivity index (χ2v) is 14.4. The van der Waals surface area contributed by atoms with Crippen LogP contribution in [0.15, 0.2) is 115 Å². The van der Waals surface area contributed by atoms with Crippen LogP contribution in [-0.2, 0) is 28.9 Å². The molecule has 1 N–H and O–H groups in total. The fourth-order valence-electron chi connectivity index (χ4n) is 7.90. The van der Waals surface area contributed by atoms with Crippen LogP contribution in [0.1, 0.15) is 75.5 Å². The lowest BCUT2D eigenvalue weighted by molar-refractivity contribution is -0.140. The molecule has 0 aromatic heterocycles. The molecule has 6 rings (SSSR count). The van der Waals surface area contributed by atoms with Gasteiger partial charge in [-0.2, -0.15) is 0 Å². The summed E-state index contributed by atoms with van der Waals surface area (Å²) in [7, 11) is 6.13. The van der Waals surface area contributed by atoms with Gasteiger partial charge in [-0.05, 0) is 97.5 Å². The number of Topliss-reactive ketones (excluding diaryl/α,β-unsaturated/α-hetero) is 1. The molecule has 5 aromatic carbocycles. The Hall–Kier alpha value is -6.09. The summed E-state index contributed by atoms with van der Waals surface area (Å²) in [5.74, 6) is -0.108. The quantitative estimate of drug-likeness (QED) is 0.0751. The van der Waals surface area contributed by atoms with E-state index in [0.717, 1.165) is 55.2 Å². The number of nitrogens with one attached hydrogen (secondary N) is 1. The number of rotatable bonds is 17. The first-order chi connectivity index (χ1) is 27.8. The second kappa shape index (κ2) is 19.2. The third-order valence-electron chi connectivity index (χ3n) is 10.9. The van der Waals surface area contributed by atoms with Crippen LogP contribution in [0, 0.1) is 6.92 Å². The molecule has 0 saturated heterocycles. The molecule has 0 bridgehead atoms. The zero-order chi connectivity index (χ0) is 40.3. The van der Waals surface area contributed by atoms with Crippen molar-refractivity contribution in [2.24, 2.45) is 0 Å². The van der Waals surface area contributed by atoms with E-state index in [1.807, 2.05) is 85.8 Å². The molecular weight excluding hydrogens is 717 g/mol. The van der Waals surface area contributed by atoms with E-state index >= 15 is 0 Å². The minimum absolute atomic E-state index is 0.100. The highest BCUT2D eigenvalue weighted by Crippen LogP contribution is 2.43. The Labute approximate surface area is 335 Å². The average Bonchev–Trinajstić information content (AvgIpc) is 3.25. The van der Waals surface area contributed by atoms with Crippen molar-refractivity contribution in [3.63, 3.8) is 0 Å². The number of aryl methyl sites for hydroxylation is 2. The molecule has 1 aliphatic heterocycles. The van der Waals surface area contributed by atoms with E-state index in [0.29, 0.717) is 28.6 Å². The van der Waals surface area contributed by atoms with Gasteiger partial charge in [-0.3, -0.25) is 14.4 Å². The van der Waals surface area contributed by atoms with Gasteiger partial charge in [-0.1, -0.05) is 91.0 Å². The summed E-state index contributed by atoms with van der Waals surface area (Å²) in [5.41, 5.74) is 5.58. The van der Waals surface area contributed by atoms with Crippen molar-refractivity contribution in [3.05, 3.63) is 154 Å². The zero-order valence-corrected chi connectivity index (χ0v) is 33.5. The SMILES string of the molecule is COc1cc2c(cc1OC)C(c1ccccc1)N(C(=O)C(=O)c1cc(OC)c(C)c(OC)c1)C(C(=O)NC(CCCc1ccccc1)CCCc1ccccc1)C2. The van der Waals surface area contributed by atoms with Gasteiger partial charge in [0.15, 0.2) is 11.5 Å². The fraction of sp³-hybridized carbons (Fsp3) is 0.312. The van der Waals surface area contributed by atoms with Gasteiger partial charge in [0.05, 0.1) is 34.5 Å². The highest BCUT2D eigenvalue weighted by Gasteiger charge is 2.45. The van der Waals surface area contributed by atoms with Crippen molar-refractivity contribution in [2.45, 2.75) is 70.0 Å². The lowest BCUT2D eigenvalue weighted by Gasteiger charge is -2.43. The van der Waals surface area contributed by atoms with Gasteiger partial charge in [0, 0.05) is 23.6 Å². The minimum atomic E-state index is -1.03. The molecule has 0 radical (unpaired) electrons. The van der Waals surface area contributed by atoms with Crippen LogP contribution in [0.5, 0.6) is 23.0 Å². The van der Waals surface area contributed by atoms with Gasteiger partial charge in [-0.15, -0.1) is 0 Å². The molecule has 2 unspecified atom stereocenters. The molecule has 5 aromatic rings. The number of fused-ring (bicyclic) bond motifs is 1. The molecule has 9 heteroatoms. The summed E-state index contributed by atoms with van der Waals surface area (Å²) < 4.78 is 22.6. The maximum atomic E-state index is 15.0. The number of ketones is 1. The number of carbonyl (C=O) groups is 3. The van der Waals surface area contributed by atoms with E-state index in [4.69, 9.17) is 18.9 Å². The number of hydrogen-bond donors (Lipinski definition) is 1. The third-order valence-corrected chi connectivity index (χ3v) is 10.9. The third kappa shape index (κ3) is 9.48. The van der Waals surface area contributed by atoms with E-state index in [1.165, 1.54) is 30.2 Å². The number of amides is 2. The van der Waals surface area contributed by atoms with Crippen LogP contribution in [0.3, 0.4) is 0 Å². The Morgan fingerprint density at radius 2 is 1.16 bits per heavy atom. The first-order valence-electron chi connectivity index (χ1n) is 19.5. The molecule has 0 aliphatic carbocycles. The first-order valence-corrected chi connectivity index (χ1v) is 19.5. The average molecular weight is 769 g/mol. The van der Waals surface area contributed by atoms with Crippen LogP contribution < -0.4 is 24.3 Å².